The van der Waals surface area contributed by atoms with Gasteiger partial charge in [-0.3, -0.25) is 0 Å². The number of rotatable bonds is 21. The van der Waals surface area contributed by atoms with Crippen molar-refractivity contribution in [3.8, 4) is 0 Å². The van der Waals surface area contributed by atoms with E-state index < -0.39 is 7.41 Å². The molecule has 0 aromatic carbocycles. The van der Waals surface area contributed by atoms with E-state index in [1.807, 2.05) is 0 Å². The second-order valence-electron chi connectivity index (χ2n) is 8.92. The van der Waals surface area contributed by atoms with Crippen LogP contribution in [-0.2, 0) is 0 Å². The molecule has 2 heteroatoms. The summed E-state index contributed by atoms with van der Waals surface area (Å²) in [6, 6.07) is 0. The van der Waals surface area contributed by atoms with Crippen molar-refractivity contribution in [2.24, 2.45) is 5.50 Å². The molecule has 1 nitrogen and oxygen atoms in total. The van der Waals surface area contributed by atoms with Crippen molar-refractivity contribution in [3.05, 3.63) is 7.43 Å². The van der Waals surface area contributed by atoms with Crippen LogP contribution in [0.5, 0.6) is 0 Å². The Balaban J connectivity index is 0. The Kier molecular flexibility index (Phi) is 24.9. The molecular weight excluding hydrogens is 345 g/mol. The molecule has 0 fully saturated rings. The van der Waals surface area contributed by atoms with Crippen LogP contribution in [-0.4, -0.2) is 18.5 Å². The van der Waals surface area contributed by atoms with Crippen LogP contribution >= 0.6 is 7.41 Å². The van der Waals surface area contributed by atoms with Crippen LogP contribution in [0.2, 0.25) is 0 Å². The third-order valence-corrected chi connectivity index (χ3v) is 10.1. The Labute approximate surface area is 175 Å². The molecule has 0 aliphatic rings. The molecule has 0 heterocycles. The molecule has 2 N–H and O–H groups in total. The van der Waals surface area contributed by atoms with Crippen molar-refractivity contribution >= 4 is 7.41 Å². The fourth-order valence-electron chi connectivity index (χ4n) is 4.15. The minimum atomic E-state index is -1.45. The minimum absolute atomic E-state index is 0. The van der Waals surface area contributed by atoms with Crippen LogP contribution in [0, 0.1) is 7.43 Å². The average molecular weight is 403 g/mol. The first kappa shape index (κ1) is 29.6. The third-order valence-electron chi connectivity index (χ3n) is 6.08. The van der Waals surface area contributed by atoms with E-state index in [-0.39, 0.29) is 7.43 Å². The van der Waals surface area contributed by atoms with E-state index in [0.29, 0.717) is 0 Å². The van der Waals surface area contributed by atoms with Gasteiger partial charge in [-0.1, -0.05) is 7.43 Å². The van der Waals surface area contributed by atoms with Crippen LogP contribution in [0.25, 0.3) is 0 Å². The Morgan fingerprint density at radius 2 is 0.630 bits per heavy atom. The standard InChI is InChI=1S/C24H54NP.CH3/c1-4-7-10-13-16-19-22-26(25,23-20-17-14-11-8-5-2)24-21-18-15-12-9-6-3;/h26H,4-25H2,1-3H3;1H3. The molecule has 0 spiro atoms. The van der Waals surface area contributed by atoms with Crippen molar-refractivity contribution in [3.63, 3.8) is 0 Å². The molecule has 0 amide bonds. The zero-order valence-electron chi connectivity index (χ0n) is 19.9. The van der Waals surface area contributed by atoms with Crippen LogP contribution in [0.15, 0.2) is 0 Å². The molecule has 0 aromatic heterocycles. The molecule has 0 aliphatic heterocycles. The summed E-state index contributed by atoms with van der Waals surface area (Å²) in [5.74, 6) is 0. The van der Waals surface area contributed by atoms with Gasteiger partial charge in [-0.15, -0.1) is 0 Å². The van der Waals surface area contributed by atoms with Crippen LogP contribution in [0.1, 0.15) is 136 Å². The Morgan fingerprint density at radius 3 is 0.889 bits per heavy atom. The zero-order chi connectivity index (χ0) is 19.3. The third kappa shape index (κ3) is 20.9. The first-order chi connectivity index (χ1) is 12.7. The summed E-state index contributed by atoms with van der Waals surface area (Å²) in [6.45, 7) is 6.91. The van der Waals surface area contributed by atoms with Gasteiger partial charge < -0.3 is 0 Å². The molecule has 0 bridgehead atoms. The zero-order valence-corrected chi connectivity index (χ0v) is 20.9. The number of hydrogen-bond acceptors (Lipinski definition) is 1. The predicted octanol–water partition coefficient (Wildman–Crippen LogP) is 9.14. The van der Waals surface area contributed by atoms with E-state index in [1.54, 1.807) is 0 Å². The fraction of sp³-hybridized carbons (Fsp3) is 0.960. The first-order valence-electron chi connectivity index (χ1n) is 12.5. The second-order valence-corrected chi connectivity index (χ2v) is 13.1. The maximum absolute atomic E-state index is 7.06. The van der Waals surface area contributed by atoms with Crippen LogP contribution in [0.4, 0.5) is 0 Å². The van der Waals surface area contributed by atoms with Gasteiger partial charge in [0.2, 0.25) is 0 Å². The maximum Gasteiger partial charge on any atom is -0.0683 e. The summed E-state index contributed by atoms with van der Waals surface area (Å²) in [4.78, 5) is 0. The average Bonchev–Trinajstić information content (AvgIpc) is 2.64. The molecule has 0 rings (SSSR count). The molecular formula is C25H57NP. The quantitative estimate of drug-likeness (QED) is 0.150. The van der Waals surface area contributed by atoms with E-state index in [0.717, 1.165) is 0 Å². The summed E-state index contributed by atoms with van der Waals surface area (Å²) >= 11 is 0. The summed E-state index contributed by atoms with van der Waals surface area (Å²) in [5, 5.41) is 0. The first-order valence-corrected chi connectivity index (χ1v) is 15.2. The van der Waals surface area contributed by atoms with Gasteiger partial charge in [0.1, 0.15) is 0 Å². The van der Waals surface area contributed by atoms with Crippen molar-refractivity contribution in [2.75, 3.05) is 18.5 Å². The number of nitrogens with two attached hydrogens (primary N) is 1. The van der Waals surface area contributed by atoms with Gasteiger partial charge in [0.25, 0.3) is 0 Å². The Hall–Kier alpha value is 0.390. The Morgan fingerprint density at radius 1 is 0.407 bits per heavy atom. The molecule has 0 saturated heterocycles. The van der Waals surface area contributed by atoms with Gasteiger partial charge in [0.15, 0.2) is 0 Å². The van der Waals surface area contributed by atoms with Gasteiger partial charge in [-0.05, 0) is 0 Å². The monoisotopic (exact) mass is 402 g/mol. The van der Waals surface area contributed by atoms with Gasteiger partial charge in [0.05, 0.1) is 0 Å². The van der Waals surface area contributed by atoms with E-state index >= 15 is 0 Å². The van der Waals surface area contributed by atoms with E-state index in [9.17, 15) is 0 Å². The largest absolute Gasteiger partial charge is 0.0683 e. The van der Waals surface area contributed by atoms with E-state index in [1.165, 1.54) is 134 Å². The number of hydrogen-bond donors (Lipinski definition) is 1. The molecule has 27 heavy (non-hydrogen) atoms. The molecule has 0 aliphatic carbocycles. The van der Waals surface area contributed by atoms with Crippen molar-refractivity contribution in [1.82, 2.24) is 0 Å². The van der Waals surface area contributed by atoms with Crippen molar-refractivity contribution in [1.29, 1.82) is 0 Å². The van der Waals surface area contributed by atoms with E-state index in [4.69, 9.17) is 5.50 Å². The molecule has 0 atom stereocenters. The SMILES string of the molecule is CCCCCCCC[PH](N)(CCCCCCCC)CCCCCCCC.[CH3]. The van der Waals surface area contributed by atoms with Crippen molar-refractivity contribution in [2.45, 2.75) is 136 Å². The topological polar surface area (TPSA) is 26.0 Å². The van der Waals surface area contributed by atoms with Crippen LogP contribution < -0.4 is 5.50 Å². The van der Waals surface area contributed by atoms with Crippen molar-refractivity contribution < 1.29 is 0 Å². The smallest absolute Gasteiger partial charge is 0.0683 e. The number of unbranched alkanes of at least 4 members (excludes halogenated alkanes) is 15. The van der Waals surface area contributed by atoms with Gasteiger partial charge in [-0.2, -0.15) is 0 Å². The molecule has 0 aromatic rings. The second kappa shape index (κ2) is 22.7. The minimum Gasteiger partial charge on any atom is -0.0683 e. The maximum atomic E-state index is 7.06. The fourth-order valence-corrected chi connectivity index (χ4v) is 7.76. The van der Waals surface area contributed by atoms with Gasteiger partial charge >= 0.3 is 168 Å². The molecule has 167 valence electrons. The predicted molar refractivity (Wildman–Crippen MR) is 134 cm³/mol. The summed E-state index contributed by atoms with van der Waals surface area (Å²) in [6.07, 6.45) is 29.7. The van der Waals surface area contributed by atoms with Gasteiger partial charge in [-0.25, -0.2) is 0 Å². The summed E-state index contributed by atoms with van der Waals surface area (Å²) < 4.78 is 0. The van der Waals surface area contributed by atoms with Crippen LogP contribution in [0.3, 0.4) is 0 Å². The Bertz CT molecular complexity index is 226. The molecule has 0 saturated carbocycles. The summed E-state index contributed by atoms with van der Waals surface area (Å²) in [5.41, 5.74) is 7.06. The van der Waals surface area contributed by atoms with E-state index in [2.05, 4.69) is 20.8 Å². The summed E-state index contributed by atoms with van der Waals surface area (Å²) in [7, 11) is -1.45. The molecule has 0 unspecified atom stereocenters. The normalized spacial score (nSPS) is 12.1. The van der Waals surface area contributed by atoms with Gasteiger partial charge in [0, 0.05) is 0 Å². The molecule has 1 radical (unpaired) electrons.